The SMILES string of the molecule is Cc1ccc2c(c1)C(=O)c1cccc3c(Br)ccc-2c13. The van der Waals surface area contributed by atoms with Crippen molar-refractivity contribution in [1.82, 2.24) is 0 Å². The van der Waals surface area contributed by atoms with Gasteiger partial charge in [-0.1, -0.05) is 57.9 Å². The molecule has 0 radical (unpaired) electrons. The van der Waals surface area contributed by atoms with Crippen LogP contribution < -0.4 is 0 Å². The van der Waals surface area contributed by atoms with E-state index in [1.807, 2.05) is 25.1 Å². The summed E-state index contributed by atoms with van der Waals surface area (Å²) >= 11 is 3.58. The largest absolute Gasteiger partial charge is 0.289 e. The molecule has 2 heteroatoms. The number of aryl methyl sites for hydroxylation is 1. The Hall–Kier alpha value is -1.93. The molecule has 4 rings (SSSR count). The standard InChI is InChI=1S/C18H11BrO/c1-10-5-6-11-12-7-8-16(19)13-3-2-4-14(17(12)13)18(20)15(11)9-10/h2-9H,1H3. The van der Waals surface area contributed by atoms with E-state index < -0.39 is 0 Å². The second-order valence-electron chi connectivity index (χ2n) is 5.20. The van der Waals surface area contributed by atoms with Crippen molar-refractivity contribution >= 4 is 32.5 Å². The van der Waals surface area contributed by atoms with E-state index in [4.69, 9.17) is 0 Å². The van der Waals surface area contributed by atoms with Crippen LogP contribution >= 0.6 is 15.9 Å². The fourth-order valence-corrected chi connectivity index (χ4v) is 3.47. The van der Waals surface area contributed by atoms with Gasteiger partial charge in [-0.05, 0) is 35.6 Å². The Kier molecular flexibility index (Phi) is 2.39. The molecule has 1 aliphatic rings. The maximum atomic E-state index is 12.7. The maximum absolute atomic E-state index is 12.7. The summed E-state index contributed by atoms with van der Waals surface area (Å²) in [7, 11) is 0. The third-order valence-corrected chi connectivity index (χ3v) is 4.63. The van der Waals surface area contributed by atoms with Gasteiger partial charge >= 0.3 is 0 Å². The van der Waals surface area contributed by atoms with Crippen LogP contribution in [0.25, 0.3) is 21.9 Å². The van der Waals surface area contributed by atoms with Crippen molar-refractivity contribution in [1.29, 1.82) is 0 Å². The molecule has 3 aromatic rings. The molecule has 1 nitrogen and oxygen atoms in total. The van der Waals surface area contributed by atoms with Crippen LogP contribution in [-0.4, -0.2) is 5.78 Å². The van der Waals surface area contributed by atoms with Crippen LogP contribution in [0.5, 0.6) is 0 Å². The fraction of sp³-hybridized carbons (Fsp3) is 0.0556. The normalized spacial score (nSPS) is 12.6. The van der Waals surface area contributed by atoms with Crippen LogP contribution in [0.15, 0.2) is 53.0 Å². The first-order valence-corrected chi connectivity index (χ1v) is 7.33. The Morgan fingerprint density at radius 1 is 0.850 bits per heavy atom. The van der Waals surface area contributed by atoms with Gasteiger partial charge in [-0.25, -0.2) is 0 Å². The first-order chi connectivity index (χ1) is 9.66. The summed E-state index contributed by atoms with van der Waals surface area (Å²) in [6.45, 7) is 2.02. The molecule has 0 bridgehead atoms. The summed E-state index contributed by atoms with van der Waals surface area (Å²) in [5.41, 5.74) is 4.92. The molecule has 0 saturated heterocycles. The van der Waals surface area contributed by atoms with Gasteiger partial charge in [0.1, 0.15) is 0 Å². The van der Waals surface area contributed by atoms with Gasteiger partial charge in [-0.15, -0.1) is 0 Å². The molecule has 1 aliphatic carbocycles. The van der Waals surface area contributed by atoms with Crippen molar-refractivity contribution in [2.75, 3.05) is 0 Å². The van der Waals surface area contributed by atoms with Crippen molar-refractivity contribution in [3.63, 3.8) is 0 Å². The zero-order chi connectivity index (χ0) is 13.9. The smallest absolute Gasteiger partial charge is 0.194 e. The van der Waals surface area contributed by atoms with Crippen molar-refractivity contribution in [3.05, 3.63) is 69.7 Å². The summed E-state index contributed by atoms with van der Waals surface area (Å²) in [6.07, 6.45) is 0. The highest BCUT2D eigenvalue weighted by atomic mass is 79.9. The van der Waals surface area contributed by atoms with Crippen molar-refractivity contribution in [3.8, 4) is 11.1 Å². The number of hydrogen-bond donors (Lipinski definition) is 0. The Morgan fingerprint density at radius 2 is 1.65 bits per heavy atom. The second kappa shape index (κ2) is 4.03. The first-order valence-electron chi connectivity index (χ1n) is 6.54. The molecular formula is C18H11BrO. The molecule has 0 fully saturated rings. The lowest BCUT2D eigenvalue weighted by atomic mass is 9.82. The topological polar surface area (TPSA) is 17.1 Å². The van der Waals surface area contributed by atoms with Crippen LogP contribution in [0, 0.1) is 6.92 Å². The molecule has 0 spiro atoms. The summed E-state index contributed by atoms with van der Waals surface area (Å²) in [5, 5.41) is 2.16. The molecule has 0 unspecified atom stereocenters. The molecule has 0 aliphatic heterocycles. The van der Waals surface area contributed by atoms with Gasteiger partial charge < -0.3 is 0 Å². The Morgan fingerprint density at radius 3 is 2.50 bits per heavy atom. The zero-order valence-corrected chi connectivity index (χ0v) is 12.5. The van der Waals surface area contributed by atoms with Crippen LogP contribution in [-0.2, 0) is 0 Å². The minimum Gasteiger partial charge on any atom is -0.289 e. The van der Waals surface area contributed by atoms with Crippen molar-refractivity contribution < 1.29 is 4.79 Å². The van der Waals surface area contributed by atoms with Gasteiger partial charge in [-0.2, -0.15) is 0 Å². The third kappa shape index (κ3) is 1.46. The molecule has 20 heavy (non-hydrogen) atoms. The van der Waals surface area contributed by atoms with Gasteiger partial charge in [0.25, 0.3) is 0 Å². The number of carbonyl (C=O) groups excluding carboxylic acids is 1. The number of ketones is 1. The second-order valence-corrected chi connectivity index (χ2v) is 6.06. The van der Waals surface area contributed by atoms with Crippen LogP contribution in [0.2, 0.25) is 0 Å². The molecule has 3 aromatic carbocycles. The molecular weight excluding hydrogens is 312 g/mol. The average molecular weight is 323 g/mol. The van der Waals surface area contributed by atoms with Crippen LogP contribution in [0.1, 0.15) is 21.5 Å². The van der Waals surface area contributed by atoms with E-state index in [0.29, 0.717) is 0 Å². The highest BCUT2D eigenvalue weighted by molar-refractivity contribution is 9.10. The van der Waals surface area contributed by atoms with E-state index in [0.717, 1.165) is 43.1 Å². The summed E-state index contributed by atoms with van der Waals surface area (Å²) < 4.78 is 1.03. The van der Waals surface area contributed by atoms with Crippen LogP contribution in [0.4, 0.5) is 0 Å². The molecule has 0 N–H and O–H groups in total. The predicted molar refractivity (Wildman–Crippen MR) is 85.3 cm³/mol. The minimum absolute atomic E-state index is 0.125. The van der Waals surface area contributed by atoms with Gasteiger partial charge in [0, 0.05) is 21.0 Å². The number of rotatable bonds is 0. The van der Waals surface area contributed by atoms with Crippen LogP contribution in [0.3, 0.4) is 0 Å². The highest BCUT2D eigenvalue weighted by Crippen LogP contribution is 2.41. The van der Waals surface area contributed by atoms with E-state index in [9.17, 15) is 4.79 Å². The quantitative estimate of drug-likeness (QED) is 0.439. The lowest BCUT2D eigenvalue weighted by Gasteiger charge is -2.20. The van der Waals surface area contributed by atoms with Gasteiger partial charge in [0.05, 0.1) is 0 Å². The monoisotopic (exact) mass is 322 g/mol. The Labute approximate surface area is 125 Å². The van der Waals surface area contributed by atoms with E-state index in [1.54, 1.807) is 0 Å². The number of halogens is 1. The summed E-state index contributed by atoms with van der Waals surface area (Å²) in [6, 6.07) is 16.2. The number of carbonyl (C=O) groups is 1. The summed E-state index contributed by atoms with van der Waals surface area (Å²) in [4.78, 5) is 12.7. The fourth-order valence-electron chi connectivity index (χ4n) is 3.01. The predicted octanol–water partition coefficient (Wildman–Crippen LogP) is 5.12. The van der Waals surface area contributed by atoms with E-state index >= 15 is 0 Å². The number of hydrogen-bond acceptors (Lipinski definition) is 1. The average Bonchev–Trinajstić information content (AvgIpc) is 2.46. The molecule has 96 valence electrons. The molecule has 0 aromatic heterocycles. The Bertz CT molecular complexity index is 893. The third-order valence-electron chi connectivity index (χ3n) is 3.94. The molecule has 0 amide bonds. The number of benzene rings is 3. The first kappa shape index (κ1) is 11.9. The van der Waals surface area contributed by atoms with E-state index in [-0.39, 0.29) is 5.78 Å². The molecule has 0 heterocycles. The van der Waals surface area contributed by atoms with Crippen molar-refractivity contribution in [2.24, 2.45) is 0 Å². The van der Waals surface area contributed by atoms with E-state index in [1.165, 1.54) is 0 Å². The van der Waals surface area contributed by atoms with Gasteiger partial charge in [0.2, 0.25) is 0 Å². The van der Waals surface area contributed by atoms with Gasteiger partial charge in [-0.3, -0.25) is 4.79 Å². The highest BCUT2D eigenvalue weighted by Gasteiger charge is 2.25. The minimum atomic E-state index is 0.125. The van der Waals surface area contributed by atoms with Gasteiger partial charge in [0.15, 0.2) is 5.78 Å². The summed E-state index contributed by atoms with van der Waals surface area (Å²) in [5.74, 6) is 0.125. The zero-order valence-electron chi connectivity index (χ0n) is 10.9. The lowest BCUT2D eigenvalue weighted by Crippen LogP contribution is -2.10. The Balaban J connectivity index is 2.24. The molecule has 0 atom stereocenters. The lowest BCUT2D eigenvalue weighted by molar-refractivity contribution is 0.104. The molecule has 0 saturated carbocycles. The van der Waals surface area contributed by atoms with E-state index in [2.05, 4.69) is 46.3 Å². The maximum Gasteiger partial charge on any atom is 0.194 e. The number of fused-ring (bicyclic) bond motifs is 2. The van der Waals surface area contributed by atoms with Crippen molar-refractivity contribution in [2.45, 2.75) is 6.92 Å².